The Labute approximate surface area is 154 Å². The lowest BCUT2D eigenvalue weighted by atomic mass is 10.1. The molecule has 0 aliphatic rings. The summed E-state index contributed by atoms with van der Waals surface area (Å²) in [6, 6.07) is 16.7. The first-order chi connectivity index (χ1) is 12.7. The second-order valence-electron chi connectivity index (χ2n) is 6.32. The zero-order valence-electron chi connectivity index (χ0n) is 15.3. The van der Waals surface area contributed by atoms with Crippen molar-refractivity contribution in [1.82, 2.24) is 15.0 Å². The van der Waals surface area contributed by atoms with Gasteiger partial charge < -0.3 is 10.6 Å². The third kappa shape index (κ3) is 5.02. The maximum Gasteiger partial charge on any atom is 0.225 e. The van der Waals surface area contributed by atoms with Gasteiger partial charge in [-0.25, -0.2) is 4.98 Å². The number of rotatable bonds is 8. The van der Waals surface area contributed by atoms with Gasteiger partial charge in [-0.15, -0.1) is 0 Å². The number of nitrogens with zero attached hydrogens (tertiary/aromatic N) is 3. The minimum Gasteiger partial charge on any atom is -0.370 e. The normalized spacial score (nSPS) is 11.8. The lowest BCUT2D eigenvalue weighted by molar-refractivity contribution is 0.753. The zero-order valence-corrected chi connectivity index (χ0v) is 15.3. The molecule has 3 rings (SSSR count). The summed E-state index contributed by atoms with van der Waals surface area (Å²) in [5.41, 5.74) is 3.15. The van der Waals surface area contributed by atoms with Crippen LogP contribution in [0.2, 0.25) is 0 Å². The molecular weight excluding hydrogens is 322 g/mol. The van der Waals surface area contributed by atoms with E-state index < -0.39 is 0 Å². The molecule has 0 aliphatic heterocycles. The molecule has 5 nitrogen and oxygen atoms in total. The van der Waals surface area contributed by atoms with Crippen molar-refractivity contribution < 1.29 is 0 Å². The van der Waals surface area contributed by atoms with Crippen LogP contribution < -0.4 is 10.6 Å². The van der Waals surface area contributed by atoms with E-state index in [9.17, 15) is 0 Å². The molecule has 0 saturated carbocycles. The number of pyridine rings is 1. The van der Waals surface area contributed by atoms with Crippen molar-refractivity contribution in [3.05, 3.63) is 66.5 Å². The first-order valence-electron chi connectivity index (χ1n) is 9.08. The Morgan fingerprint density at radius 1 is 1.04 bits per heavy atom. The van der Waals surface area contributed by atoms with Crippen LogP contribution in [0, 0.1) is 0 Å². The average Bonchev–Trinajstić information content (AvgIpc) is 2.69. The van der Waals surface area contributed by atoms with Crippen LogP contribution in [-0.4, -0.2) is 27.5 Å². The van der Waals surface area contributed by atoms with E-state index >= 15 is 0 Å². The van der Waals surface area contributed by atoms with Gasteiger partial charge in [0.15, 0.2) is 0 Å². The van der Waals surface area contributed by atoms with Gasteiger partial charge in [-0.2, -0.15) is 4.98 Å². The predicted molar refractivity (Wildman–Crippen MR) is 107 cm³/mol. The number of hydrogen-bond acceptors (Lipinski definition) is 5. The van der Waals surface area contributed by atoms with Gasteiger partial charge in [-0.05, 0) is 37.5 Å². The van der Waals surface area contributed by atoms with Crippen LogP contribution >= 0.6 is 0 Å². The molecule has 5 heteroatoms. The summed E-state index contributed by atoms with van der Waals surface area (Å²) in [4.78, 5) is 13.5. The van der Waals surface area contributed by atoms with Crippen LogP contribution in [0.3, 0.4) is 0 Å². The number of hydrogen-bond donors (Lipinski definition) is 2. The van der Waals surface area contributed by atoms with Crippen molar-refractivity contribution >= 4 is 11.8 Å². The minimum atomic E-state index is 0.316. The van der Waals surface area contributed by atoms with Gasteiger partial charge in [-0.3, -0.25) is 4.98 Å². The van der Waals surface area contributed by atoms with E-state index in [1.807, 2.05) is 30.5 Å². The van der Waals surface area contributed by atoms with Gasteiger partial charge >= 0.3 is 0 Å². The van der Waals surface area contributed by atoms with E-state index in [0.29, 0.717) is 12.0 Å². The second kappa shape index (κ2) is 8.94. The fourth-order valence-electron chi connectivity index (χ4n) is 2.57. The van der Waals surface area contributed by atoms with Crippen LogP contribution in [0.25, 0.3) is 11.3 Å². The van der Waals surface area contributed by atoms with Crippen molar-refractivity contribution in [2.45, 2.75) is 32.7 Å². The summed E-state index contributed by atoms with van der Waals surface area (Å²) in [6.45, 7) is 5.08. The molecule has 0 fully saturated rings. The molecule has 2 N–H and O–H groups in total. The van der Waals surface area contributed by atoms with E-state index in [0.717, 1.165) is 36.5 Å². The molecule has 0 amide bonds. The Balaban J connectivity index is 1.77. The molecule has 0 radical (unpaired) electrons. The van der Waals surface area contributed by atoms with Crippen molar-refractivity contribution in [2.75, 3.05) is 17.2 Å². The second-order valence-corrected chi connectivity index (χ2v) is 6.32. The summed E-state index contributed by atoms with van der Waals surface area (Å²) >= 11 is 0. The zero-order chi connectivity index (χ0) is 18.2. The highest BCUT2D eigenvalue weighted by Gasteiger charge is 2.09. The standard InChI is InChI=1S/C21H25N5/c1-3-16(2)24-21-25-19(18-10-7-12-22-15-18)14-20(26-21)23-13-11-17-8-5-4-6-9-17/h4-10,12,14-16H,3,11,13H2,1-2H3,(H2,23,24,25,26)/t16-/m0/s1. The van der Waals surface area contributed by atoms with E-state index in [1.165, 1.54) is 5.56 Å². The molecule has 0 saturated heterocycles. The molecule has 0 bridgehead atoms. The molecule has 0 aliphatic carbocycles. The van der Waals surface area contributed by atoms with Gasteiger partial charge in [0.1, 0.15) is 5.82 Å². The Kier molecular flexibility index (Phi) is 6.14. The van der Waals surface area contributed by atoms with Crippen LogP contribution in [-0.2, 0) is 6.42 Å². The summed E-state index contributed by atoms with van der Waals surface area (Å²) in [6.07, 6.45) is 5.55. The third-order valence-corrected chi connectivity index (χ3v) is 4.23. The third-order valence-electron chi connectivity index (χ3n) is 4.23. The van der Waals surface area contributed by atoms with Gasteiger partial charge in [0.05, 0.1) is 5.69 Å². The van der Waals surface area contributed by atoms with Gasteiger partial charge in [0.2, 0.25) is 5.95 Å². The van der Waals surface area contributed by atoms with Crippen molar-refractivity contribution in [3.8, 4) is 11.3 Å². The lowest BCUT2D eigenvalue weighted by Gasteiger charge is -2.14. The number of anilines is 2. The predicted octanol–water partition coefficient (Wildman–Crippen LogP) is 4.40. The lowest BCUT2D eigenvalue weighted by Crippen LogP contribution is -2.17. The number of nitrogens with one attached hydrogen (secondary N) is 2. The number of aromatic nitrogens is 3. The Morgan fingerprint density at radius 3 is 2.62 bits per heavy atom. The molecule has 1 atom stereocenters. The molecule has 0 spiro atoms. The Hall–Kier alpha value is -2.95. The highest BCUT2D eigenvalue weighted by atomic mass is 15.2. The molecule has 1 aromatic carbocycles. The smallest absolute Gasteiger partial charge is 0.225 e. The van der Waals surface area contributed by atoms with E-state index in [2.05, 4.69) is 63.7 Å². The fraction of sp³-hybridized carbons (Fsp3) is 0.286. The highest BCUT2D eigenvalue weighted by Crippen LogP contribution is 2.21. The Bertz CT molecular complexity index is 805. The first-order valence-corrected chi connectivity index (χ1v) is 9.08. The summed E-state index contributed by atoms with van der Waals surface area (Å²) < 4.78 is 0. The number of benzene rings is 1. The minimum absolute atomic E-state index is 0.316. The van der Waals surface area contributed by atoms with Gasteiger partial charge in [0.25, 0.3) is 0 Å². The SMILES string of the molecule is CC[C@H](C)Nc1nc(NCCc2ccccc2)cc(-c2cccnc2)n1. The summed E-state index contributed by atoms with van der Waals surface area (Å²) in [5, 5.41) is 6.79. The molecule has 0 unspecified atom stereocenters. The maximum absolute atomic E-state index is 4.66. The molecule has 26 heavy (non-hydrogen) atoms. The van der Waals surface area contributed by atoms with Crippen LogP contribution in [0.1, 0.15) is 25.8 Å². The fourth-order valence-corrected chi connectivity index (χ4v) is 2.57. The molecule has 2 heterocycles. The average molecular weight is 347 g/mol. The maximum atomic E-state index is 4.66. The van der Waals surface area contributed by atoms with Crippen LogP contribution in [0.5, 0.6) is 0 Å². The molecular formula is C21H25N5. The monoisotopic (exact) mass is 347 g/mol. The van der Waals surface area contributed by atoms with Crippen LogP contribution in [0.4, 0.5) is 11.8 Å². The van der Waals surface area contributed by atoms with Crippen molar-refractivity contribution in [3.63, 3.8) is 0 Å². The molecule has 2 aromatic heterocycles. The van der Waals surface area contributed by atoms with E-state index in [4.69, 9.17) is 0 Å². The quantitative estimate of drug-likeness (QED) is 0.632. The van der Waals surface area contributed by atoms with Crippen LogP contribution in [0.15, 0.2) is 60.9 Å². The highest BCUT2D eigenvalue weighted by molar-refractivity contribution is 5.63. The van der Waals surface area contributed by atoms with Crippen molar-refractivity contribution in [1.29, 1.82) is 0 Å². The van der Waals surface area contributed by atoms with Gasteiger partial charge in [0, 0.05) is 36.6 Å². The summed E-state index contributed by atoms with van der Waals surface area (Å²) in [7, 11) is 0. The van der Waals surface area contributed by atoms with Gasteiger partial charge in [-0.1, -0.05) is 37.3 Å². The first kappa shape index (κ1) is 17.9. The summed E-state index contributed by atoms with van der Waals surface area (Å²) in [5.74, 6) is 1.46. The van der Waals surface area contributed by atoms with E-state index in [1.54, 1.807) is 6.20 Å². The largest absolute Gasteiger partial charge is 0.370 e. The molecule has 134 valence electrons. The Morgan fingerprint density at radius 2 is 1.88 bits per heavy atom. The molecule has 3 aromatic rings. The van der Waals surface area contributed by atoms with Crippen molar-refractivity contribution in [2.24, 2.45) is 0 Å². The van der Waals surface area contributed by atoms with E-state index in [-0.39, 0.29) is 0 Å². The topological polar surface area (TPSA) is 62.7 Å².